The standard InChI is InChI=1S/C52H82N4O7S/c1-5-7-9-11-13-15-17-19-20-21-22-23-25-27-29-35-41-55-48(53-44-38-32-34-40-46(44)64(55,60)61)47(56-50(58)52(3,4)63-51(56)59)49(57)54-43-37-31-33-39-45(43)62-42-36-30-28-26-24-18-16-14-12-10-8-6-2/h31-34,37-40,47H,5-30,35-36,41-42H2,1-4H3,(H,54,57). The molecule has 4 rings (SSSR count). The van der Waals surface area contributed by atoms with Crippen LogP contribution in [-0.2, 0) is 24.3 Å². The number of imide groups is 1. The van der Waals surface area contributed by atoms with E-state index in [1.807, 2.05) is 6.07 Å². The van der Waals surface area contributed by atoms with Crippen LogP contribution in [0.2, 0.25) is 0 Å². The second-order valence-corrected chi connectivity index (χ2v) is 20.3. The van der Waals surface area contributed by atoms with Crippen molar-refractivity contribution in [2.45, 2.75) is 224 Å². The molecule has 0 spiro atoms. The molecule has 1 saturated heterocycles. The molecule has 0 saturated carbocycles. The normalized spacial score (nSPS) is 15.8. The fourth-order valence-corrected chi connectivity index (χ4v) is 10.3. The zero-order valence-corrected chi connectivity index (χ0v) is 40.8. The lowest BCUT2D eigenvalue weighted by atomic mass is 10.0. The van der Waals surface area contributed by atoms with Crippen molar-refractivity contribution in [2.24, 2.45) is 4.99 Å². The Morgan fingerprint density at radius 2 is 1.11 bits per heavy atom. The van der Waals surface area contributed by atoms with E-state index in [0.29, 0.717) is 29.4 Å². The molecule has 2 aliphatic rings. The Labute approximate surface area is 387 Å². The number of unbranched alkanes of at least 4 members (excludes halogenated alkanes) is 26. The van der Waals surface area contributed by atoms with E-state index < -0.39 is 39.6 Å². The number of nitrogens with one attached hydrogen (secondary N) is 1. The molecule has 0 aromatic heterocycles. The molecule has 0 bridgehead atoms. The topological polar surface area (TPSA) is 135 Å². The summed E-state index contributed by atoms with van der Waals surface area (Å²) in [5.41, 5.74) is -1.11. The Balaban J connectivity index is 1.38. The summed E-state index contributed by atoms with van der Waals surface area (Å²) in [6.45, 7) is 7.88. The average Bonchev–Trinajstić information content (AvgIpc) is 3.47. The first-order valence-electron chi connectivity index (χ1n) is 25.3. The summed E-state index contributed by atoms with van der Waals surface area (Å²) in [5.74, 6) is -1.37. The maximum Gasteiger partial charge on any atom is 0.418 e. The highest BCUT2D eigenvalue weighted by molar-refractivity contribution is 7.90. The predicted octanol–water partition coefficient (Wildman–Crippen LogP) is 13.8. The Morgan fingerprint density at radius 1 is 0.656 bits per heavy atom. The average molecular weight is 907 g/mol. The first-order valence-corrected chi connectivity index (χ1v) is 26.8. The van der Waals surface area contributed by atoms with Gasteiger partial charge in [-0.25, -0.2) is 23.1 Å². The molecule has 1 unspecified atom stereocenters. The molecule has 2 aromatic carbocycles. The van der Waals surface area contributed by atoms with Gasteiger partial charge in [0.05, 0.1) is 18.0 Å². The molecular weight excluding hydrogens is 825 g/mol. The fourth-order valence-electron chi connectivity index (χ4n) is 8.70. The molecule has 2 aromatic rings. The molecule has 0 aliphatic carbocycles. The number of aliphatic imine (C=N–C) groups is 1. The Bertz CT molecular complexity index is 1850. The van der Waals surface area contributed by atoms with Gasteiger partial charge < -0.3 is 14.8 Å². The highest BCUT2D eigenvalue weighted by atomic mass is 32.2. The number of nitrogens with zero attached hydrogens (tertiary/aromatic N) is 3. The van der Waals surface area contributed by atoms with Crippen LogP contribution >= 0.6 is 0 Å². The van der Waals surface area contributed by atoms with Crippen molar-refractivity contribution in [2.75, 3.05) is 18.5 Å². The van der Waals surface area contributed by atoms with Gasteiger partial charge in [0.1, 0.15) is 10.6 Å². The van der Waals surface area contributed by atoms with Gasteiger partial charge in [0.2, 0.25) is 0 Å². The largest absolute Gasteiger partial charge is 0.491 e. The summed E-state index contributed by atoms with van der Waals surface area (Å²) in [5, 5.41) is 2.88. The van der Waals surface area contributed by atoms with Crippen molar-refractivity contribution < 1.29 is 32.3 Å². The molecule has 358 valence electrons. The van der Waals surface area contributed by atoms with E-state index in [0.717, 1.165) is 49.3 Å². The molecule has 1 fully saturated rings. The van der Waals surface area contributed by atoms with Crippen LogP contribution in [0.5, 0.6) is 5.75 Å². The summed E-state index contributed by atoms with van der Waals surface area (Å²) in [4.78, 5) is 47.6. The Kier molecular flexibility index (Phi) is 23.8. The molecular formula is C52H82N4O7S. The smallest absolute Gasteiger partial charge is 0.418 e. The van der Waals surface area contributed by atoms with Crippen LogP contribution < -0.4 is 10.1 Å². The maximum atomic E-state index is 14.7. The van der Waals surface area contributed by atoms with Crippen LogP contribution in [0.1, 0.15) is 207 Å². The lowest BCUT2D eigenvalue weighted by molar-refractivity contribution is -0.137. The van der Waals surface area contributed by atoms with Gasteiger partial charge in [-0.1, -0.05) is 205 Å². The van der Waals surface area contributed by atoms with Gasteiger partial charge in [0.15, 0.2) is 17.5 Å². The number of carbonyl (C=O) groups is 3. The lowest BCUT2D eigenvalue weighted by Crippen LogP contribution is -2.59. The van der Waals surface area contributed by atoms with Crippen molar-refractivity contribution in [1.29, 1.82) is 0 Å². The van der Waals surface area contributed by atoms with Crippen molar-refractivity contribution in [3.05, 3.63) is 48.5 Å². The van der Waals surface area contributed by atoms with Crippen LogP contribution in [0.3, 0.4) is 0 Å². The molecule has 1 N–H and O–H groups in total. The van der Waals surface area contributed by atoms with Gasteiger partial charge in [0, 0.05) is 6.54 Å². The minimum absolute atomic E-state index is 0.00149. The summed E-state index contributed by atoms with van der Waals surface area (Å²) in [6.07, 6.45) is 32.5. The summed E-state index contributed by atoms with van der Waals surface area (Å²) in [7, 11) is -4.23. The van der Waals surface area contributed by atoms with E-state index in [2.05, 4.69) is 19.2 Å². The third-order valence-corrected chi connectivity index (χ3v) is 14.4. The number of hydrogen-bond acceptors (Lipinski definition) is 8. The molecule has 11 nitrogen and oxygen atoms in total. The number of ether oxygens (including phenoxy) is 2. The van der Waals surface area contributed by atoms with E-state index in [9.17, 15) is 22.8 Å². The van der Waals surface area contributed by atoms with E-state index in [1.165, 1.54) is 148 Å². The highest BCUT2D eigenvalue weighted by Crippen LogP contribution is 2.36. The number of carbonyl (C=O) groups excluding carboxylic acids is 3. The van der Waals surface area contributed by atoms with E-state index in [-0.39, 0.29) is 23.0 Å². The zero-order chi connectivity index (χ0) is 46.0. The number of benzene rings is 2. The second-order valence-electron chi connectivity index (χ2n) is 18.5. The first-order chi connectivity index (χ1) is 31.0. The predicted molar refractivity (Wildman–Crippen MR) is 260 cm³/mol. The van der Waals surface area contributed by atoms with Crippen LogP contribution in [0.4, 0.5) is 16.2 Å². The van der Waals surface area contributed by atoms with Gasteiger partial charge >= 0.3 is 6.09 Å². The summed E-state index contributed by atoms with van der Waals surface area (Å²) in [6, 6.07) is 11.6. The number of fused-ring (bicyclic) bond motifs is 1. The molecule has 0 radical (unpaired) electrons. The number of anilines is 1. The molecule has 64 heavy (non-hydrogen) atoms. The molecule has 12 heteroatoms. The Morgan fingerprint density at radius 3 is 1.61 bits per heavy atom. The fraction of sp³-hybridized carbons (Fsp3) is 0.692. The van der Waals surface area contributed by atoms with Crippen LogP contribution in [0.15, 0.2) is 58.4 Å². The minimum atomic E-state index is -4.23. The van der Waals surface area contributed by atoms with Crippen molar-refractivity contribution >= 4 is 45.1 Å². The van der Waals surface area contributed by atoms with Gasteiger partial charge in [-0.15, -0.1) is 0 Å². The SMILES string of the molecule is CCCCCCCCCCCCCCCCCCN1C(C(C(=O)Nc2ccccc2OCCCCCCCCCCCCCC)N2C(=O)OC(C)(C)C2=O)=Nc2ccccc2S1(=O)=O. The summed E-state index contributed by atoms with van der Waals surface area (Å²) < 4.78 is 41.6. The number of rotatable bonds is 35. The van der Waals surface area contributed by atoms with Gasteiger partial charge in [-0.2, -0.15) is 0 Å². The lowest BCUT2D eigenvalue weighted by Gasteiger charge is -2.35. The number of amidine groups is 1. The second kappa shape index (κ2) is 28.9. The monoisotopic (exact) mass is 907 g/mol. The van der Waals surface area contributed by atoms with Crippen LogP contribution in [0, 0.1) is 0 Å². The number of amides is 3. The third-order valence-electron chi connectivity index (χ3n) is 12.6. The molecule has 1 atom stereocenters. The number of hydrogen-bond donors (Lipinski definition) is 1. The van der Waals surface area contributed by atoms with Crippen LogP contribution in [0.25, 0.3) is 0 Å². The minimum Gasteiger partial charge on any atom is -0.491 e. The van der Waals surface area contributed by atoms with Crippen molar-refractivity contribution in [3.63, 3.8) is 0 Å². The van der Waals surface area contributed by atoms with Crippen molar-refractivity contribution in [3.8, 4) is 5.75 Å². The van der Waals surface area contributed by atoms with Crippen LogP contribution in [-0.4, -0.2) is 66.2 Å². The Hall–Kier alpha value is -3.93. The maximum absolute atomic E-state index is 14.7. The summed E-state index contributed by atoms with van der Waals surface area (Å²) >= 11 is 0. The van der Waals surface area contributed by atoms with E-state index >= 15 is 0 Å². The molecule has 3 amide bonds. The zero-order valence-electron chi connectivity index (χ0n) is 40.0. The number of sulfonamides is 1. The highest BCUT2D eigenvalue weighted by Gasteiger charge is 2.55. The van der Waals surface area contributed by atoms with Gasteiger partial charge in [0.25, 0.3) is 21.8 Å². The molecule has 2 aliphatic heterocycles. The first kappa shape index (κ1) is 52.7. The van der Waals surface area contributed by atoms with Crippen molar-refractivity contribution in [1.82, 2.24) is 9.21 Å². The molecule has 2 heterocycles. The number of para-hydroxylation sites is 3. The quantitative estimate of drug-likeness (QED) is 0.0680. The third kappa shape index (κ3) is 16.8. The van der Waals surface area contributed by atoms with Gasteiger partial charge in [-0.3, -0.25) is 13.9 Å². The van der Waals surface area contributed by atoms with Gasteiger partial charge in [-0.05, 0) is 51.0 Å². The van der Waals surface area contributed by atoms with E-state index in [4.69, 9.17) is 14.5 Å². The number of cyclic esters (lactones) is 1. The van der Waals surface area contributed by atoms with E-state index in [1.54, 1.807) is 36.4 Å².